The van der Waals surface area contributed by atoms with E-state index in [0.29, 0.717) is 30.9 Å². The summed E-state index contributed by atoms with van der Waals surface area (Å²) in [6, 6.07) is -0.491. The number of piperidine rings is 1. The summed E-state index contributed by atoms with van der Waals surface area (Å²) in [6.07, 6.45) is 5.47. The third-order valence-corrected chi connectivity index (χ3v) is 6.36. The molecule has 2 amide bonds. The first-order valence-corrected chi connectivity index (χ1v) is 9.38. The van der Waals surface area contributed by atoms with Crippen LogP contribution in [0.2, 0.25) is 0 Å². The van der Waals surface area contributed by atoms with Crippen LogP contribution in [0, 0.1) is 5.92 Å². The number of ether oxygens (including phenoxy) is 1. The second-order valence-electron chi connectivity index (χ2n) is 5.80. The predicted octanol–water partition coefficient (Wildman–Crippen LogP) is 0.578. The SMILES string of the molecule is CCOC(=O)C1CCN(S(=O)(=O)C2C=CC3=NC(=O)NC3=C2)CC1. The minimum absolute atomic E-state index is 0.246. The van der Waals surface area contributed by atoms with Gasteiger partial charge in [0.2, 0.25) is 10.0 Å². The fourth-order valence-electron chi connectivity index (χ4n) is 3.00. The molecule has 1 fully saturated rings. The van der Waals surface area contributed by atoms with Gasteiger partial charge in [-0.15, -0.1) is 0 Å². The molecule has 1 saturated heterocycles. The fourth-order valence-corrected chi connectivity index (χ4v) is 4.65. The van der Waals surface area contributed by atoms with E-state index >= 15 is 0 Å². The molecule has 0 saturated carbocycles. The molecule has 1 aliphatic carbocycles. The number of nitrogens with zero attached hydrogens (tertiary/aromatic N) is 2. The highest BCUT2D eigenvalue weighted by atomic mass is 32.2. The Balaban J connectivity index is 1.68. The van der Waals surface area contributed by atoms with Gasteiger partial charge in [-0.05, 0) is 31.9 Å². The van der Waals surface area contributed by atoms with Crippen LogP contribution in [0.15, 0.2) is 28.9 Å². The number of allylic oxidation sites excluding steroid dienone is 1. The molecule has 0 aromatic heterocycles. The number of carbonyl (C=O) groups excluding carboxylic acids is 2. The number of aliphatic imine (C=N–C) groups is 1. The van der Waals surface area contributed by atoms with E-state index in [4.69, 9.17) is 4.74 Å². The molecule has 0 radical (unpaired) electrons. The van der Waals surface area contributed by atoms with E-state index in [1.807, 2.05) is 0 Å². The van der Waals surface area contributed by atoms with Gasteiger partial charge in [0.15, 0.2) is 0 Å². The van der Waals surface area contributed by atoms with Crippen LogP contribution in [0.25, 0.3) is 0 Å². The molecule has 0 aromatic carbocycles. The van der Waals surface area contributed by atoms with Crippen LogP contribution >= 0.6 is 0 Å². The van der Waals surface area contributed by atoms with Crippen molar-refractivity contribution < 1.29 is 22.7 Å². The Morgan fingerprint density at radius 2 is 2.12 bits per heavy atom. The van der Waals surface area contributed by atoms with Crippen LogP contribution in [0.1, 0.15) is 19.8 Å². The second-order valence-corrected chi connectivity index (χ2v) is 7.89. The summed E-state index contributed by atoms with van der Waals surface area (Å²) in [7, 11) is -3.59. The molecule has 0 bridgehead atoms. The molecule has 2 aliphatic heterocycles. The molecular formula is C15H19N3O5S. The monoisotopic (exact) mass is 353 g/mol. The Morgan fingerprint density at radius 1 is 1.42 bits per heavy atom. The number of rotatable bonds is 4. The maximum Gasteiger partial charge on any atom is 0.346 e. The minimum Gasteiger partial charge on any atom is -0.466 e. The lowest BCUT2D eigenvalue weighted by atomic mass is 9.98. The lowest BCUT2D eigenvalue weighted by Crippen LogP contribution is -2.44. The number of urea groups is 1. The average Bonchev–Trinajstić information content (AvgIpc) is 2.94. The largest absolute Gasteiger partial charge is 0.466 e. The Kier molecular flexibility index (Phi) is 4.55. The lowest BCUT2D eigenvalue weighted by molar-refractivity contribution is -0.149. The number of fused-ring (bicyclic) bond motifs is 1. The van der Waals surface area contributed by atoms with Crippen LogP contribution in [0.5, 0.6) is 0 Å². The van der Waals surface area contributed by atoms with Crippen molar-refractivity contribution in [1.29, 1.82) is 0 Å². The maximum absolute atomic E-state index is 12.8. The zero-order valence-corrected chi connectivity index (χ0v) is 14.1. The van der Waals surface area contributed by atoms with E-state index in [2.05, 4.69) is 10.3 Å². The van der Waals surface area contributed by atoms with E-state index in [1.54, 1.807) is 13.0 Å². The van der Waals surface area contributed by atoms with Gasteiger partial charge in [0, 0.05) is 13.1 Å². The summed E-state index contributed by atoms with van der Waals surface area (Å²) < 4.78 is 31.9. The number of nitrogens with one attached hydrogen (secondary N) is 1. The number of hydrogen-bond donors (Lipinski definition) is 1. The summed E-state index contributed by atoms with van der Waals surface area (Å²) in [4.78, 5) is 26.7. The summed E-state index contributed by atoms with van der Waals surface area (Å²) in [5.74, 6) is -0.506. The molecule has 0 spiro atoms. The molecule has 9 heteroatoms. The first-order valence-electron chi connectivity index (χ1n) is 7.87. The van der Waals surface area contributed by atoms with Gasteiger partial charge in [-0.1, -0.05) is 6.08 Å². The van der Waals surface area contributed by atoms with E-state index in [0.717, 1.165) is 0 Å². The first-order chi connectivity index (χ1) is 11.4. The Hall–Kier alpha value is -2.00. The summed E-state index contributed by atoms with van der Waals surface area (Å²) in [6.45, 7) is 2.65. The topological polar surface area (TPSA) is 105 Å². The molecule has 1 unspecified atom stereocenters. The van der Waals surface area contributed by atoms with Gasteiger partial charge >= 0.3 is 12.0 Å². The zero-order chi connectivity index (χ0) is 17.3. The van der Waals surface area contributed by atoms with Crippen molar-refractivity contribution in [2.24, 2.45) is 10.9 Å². The summed E-state index contributed by atoms with van der Waals surface area (Å²) in [5.41, 5.74) is 0.880. The standard InChI is InChI=1S/C15H19N3O5S/c1-2-23-14(19)10-5-7-18(8-6-10)24(21,22)11-3-4-12-13(9-11)17-15(20)16-12/h3-4,9-11H,2,5-8H2,1H3,(H,17,20). The Morgan fingerprint density at radius 3 is 2.79 bits per heavy atom. The molecular weight excluding hydrogens is 334 g/mol. The van der Waals surface area contributed by atoms with Gasteiger partial charge < -0.3 is 10.1 Å². The molecule has 24 heavy (non-hydrogen) atoms. The normalized spacial score (nSPS) is 24.9. The van der Waals surface area contributed by atoms with Gasteiger partial charge in [-0.2, -0.15) is 4.99 Å². The van der Waals surface area contributed by atoms with E-state index < -0.39 is 21.3 Å². The van der Waals surface area contributed by atoms with Crippen LogP contribution in [-0.4, -0.2) is 55.4 Å². The number of esters is 1. The second kappa shape index (κ2) is 6.48. The van der Waals surface area contributed by atoms with Gasteiger partial charge in [0.25, 0.3) is 0 Å². The molecule has 0 aromatic rings. The van der Waals surface area contributed by atoms with E-state index in [1.165, 1.54) is 16.5 Å². The zero-order valence-electron chi connectivity index (χ0n) is 13.3. The first kappa shape index (κ1) is 16.8. The van der Waals surface area contributed by atoms with Gasteiger partial charge in [0.05, 0.1) is 23.9 Å². The molecule has 8 nitrogen and oxygen atoms in total. The number of sulfonamides is 1. The number of hydrogen-bond acceptors (Lipinski definition) is 5. The highest BCUT2D eigenvalue weighted by Gasteiger charge is 2.36. The maximum atomic E-state index is 12.8. The molecule has 3 aliphatic rings. The van der Waals surface area contributed by atoms with Crippen molar-refractivity contribution in [3.05, 3.63) is 23.9 Å². The van der Waals surface area contributed by atoms with E-state index in [9.17, 15) is 18.0 Å². The number of amides is 2. The average molecular weight is 353 g/mol. The van der Waals surface area contributed by atoms with Crippen LogP contribution < -0.4 is 5.32 Å². The quantitative estimate of drug-likeness (QED) is 0.744. The highest BCUT2D eigenvalue weighted by molar-refractivity contribution is 7.90. The van der Waals surface area contributed by atoms with Crippen molar-refractivity contribution in [2.45, 2.75) is 25.0 Å². The van der Waals surface area contributed by atoms with Crippen molar-refractivity contribution in [3.63, 3.8) is 0 Å². The van der Waals surface area contributed by atoms with Crippen LogP contribution in [-0.2, 0) is 19.6 Å². The lowest BCUT2D eigenvalue weighted by Gasteiger charge is -2.32. The predicted molar refractivity (Wildman–Crippen MR) is 86.8 cm³/mol. The highest BCUT2D eigenvalue weighted by Crippen LogP contribution is 2.25. The van der Waals surface area contributed by atoms with Crippen LogP contribution in [0.4, 0.5) is 4.79 Å². The van der Waals surface area contributed by atoms with Gasteiger partial charge in [-0.3, -0.25) is 4.79 Å². The Labute approximate surface area is 140 Å². The van der Waals surface area contributed by atoms with Crippen LogP contribution in [0.3, 0.4) is 0 Å². The fraction of sp³-hybridized carbons (Fsp3) is 0.533. The van der Waals surface area contributed by atoms with Crippen molar-refractivity contribution in [3.8, 4) is 0 Å². The van der Waals surface area contributed by atoms with Crippen molar-refractivity contribution in [1.82, 2.24) is 9.62 Å². The summed E-state index contributed by atoms with van der Waals surface area (Å²) in [5, 5.41) is 1.68. The van der Waals surface area contributed by atoms with Crippen molar-refractivity contribution >= 4 is 27.7 Å². The smallest absolute Gasteiger partial charge is 0.346 e. The third-order valence-electron chi connectivity index (χ3n) is 4.29. The number of carbonyl (C=O) groups is 2. The molecule has 2 heterocycles. The van der Waals surface area contributed by atoms with Gasteiger partial charge in [0.1, 0.15) is 5.25 Å². The Bertz CT molecular complexity index is 745. The molecule has 1 atom stereocenters. The minimum atomic E-state index is -3.59. The third kappa shape index (κ3) is 3.13. The van der Waals surface area contributed by atoms with Crippen molar-refractivity contribution in [2.75, 3.05) is 19.7 Å². The molecule has 3 rings (SSSR count). The molecule has 130 valence electrons. The van der Waals surface area contributed by atoms with E-state index in [-0.39, 0.29) is 25.0 Å². The molecule has 1 N–H and O–H groups in total. The summed E-state index contributed by atoms with van der Waals surface area (Å²) >= 11 is 0. The van der Waals surface area contributed by atoms with Gasteiger partial charge in [-0.25, -0.2) is 17.5 Å².